The van der Waals surface area contributed by atoms with Gasteiger partial charge in [0, 0.05) is 0 Å². The van der Waals surface area contributed by atoms with E-state index < -0.39 is 0 Å². The molecule has 0 unspecified atom stereocenters. The SMILES string of the molecule is O.O.O.O.O.O.[Cl-].[Cl-].[Cl-].[Cl-].[Cl-].[Cl-].[Mo+6]. The van der Waals surface area contributed by atoms with Crippen LogP contribution in [0.2, 0.25) is 0 Å². The van der Waals surface area contributed by atoms with Gasteiger partial charge in [0.1, 0.15) is 0 Å². The molecule has 0 bridgehead atoms. The normalized spacial score (nSPS) is 0. The Kier molecular flexibility index (Phi) is 25300. The van der Waals surface area contributed by atoms with Gasteiger partial charge in [-0.3, -0.25) is 0 Å². The first-order valence-electron chi connectivity index (χ1n) is 0. The zero-order valence-electron chi connectivity index (χ0n) is 5.68. The molecule has 12 N–H and O–H groups in total. The number of rotatable bonds is 0. The fraction of sp³-hybridized carbons (Fsp3) is 0. The first kappa shape index (κ1) is 638. The molecule has 13 heavy (non-hydrogen) atoms. The average molecular weight is 417 g/mol. The summed E-state index contributed by atoms with van der Waals surface area (Å²) < 4.78 is 0. The van der Waals surface area contributed by atoms with Gasteiger partial charge in [-0.25, -0.2) is 0 Å². The van der Waals surface area contributed by atoms with E-state index in [4.69, 9.17) is 0 Å². The van der Waals surface area contributed by atoms with Crippen molar-refractivity contribution in [2.45, 2.75) is 0 Å². The molecular formula is H12Cl6MoO6. The summed E-state index contributed by atoms with van der Waals surface area (Å²) >= 11 is 0. The van der Waals surface area contributed by atoms with Crippen LogP contribution in [0.15, 0.2) is 0 Å². The molecule has 0 aliphatic heterocycles. The van der Waals surface area contributed by atoms with E-state index in [0.717, 1.165) is 0 Å². The van der Waals surface area contributed by atoms with E-state index in [1.165, 1.54) is 0 Å². The van der Waals surface area contributed by atoms with Gasteiger partial charge in [-0.15, -0.1) is 0 Å². The molecule has 0 saturated heterocycles. The fourth-order valence-electron chi connectivity index (χ4n) is 0. The van der Waals surface area contributed by atoms with Gasteiger partial charge >= 0.3 is 21.1 Å². The maximum Gasteiger partial charge on any atom is 6.00 e. The molecule has 0 spiro atoms. The van der Waals surface area contributed by atoms with Crippen molar-refractivity contribution >= 4 is 0 Å². The van der Waals surface area contributed by atoms with Gasteiger partial charge in [-0.2, -0.15) is 0 Å². The summed E-state index contributed by atoms with van der Waals surface area (Å²) in [5, 5.41) is 0. The summed E-state index contributed by atoms with van der Waals surface area (Å²) in [4.78, 5) is 0. The fourth-order valence-corrected chi connectivity index (χ4v) is 0. The van der Waals surface area contributed by atoms with Crippen LogP contribution in [0, 0.1) is 0 Å². The number of hydrogen-bond donors (Lipinski definition) is 0. The molecule has 0 heterocycles. The molecule has 0 aromatic heterocycles. The Morgan fingerprint density at radius 3 is 0.231 bits per heavy atom. The molecular weight excluding hydrogens is 405 g/mol. The molecule has 0 rings (SSSR count). The molecule has 0 aromatic carbocycles. The molecule has 0 aromatic rings. The molecule has 0 aliphatic carbocycles. The molecule has 0 radical (unpaired) electrons. The van der Waals surface area contributed by atoms with Gasteiger partial charge in [0.05, 0.1) is 0 Å². The van der Waals surface area contributed by atoms with E-state index in [0.29, 0.717) is 0 Å². The topological polar surface area (TPSA) is 189 Å². The van der Waals surface area contributed by atoms with Crippen LogP contribution in [0.3, 0.4) is 0 Å². The van der Waals surface area contributed by atoms with E-state index in [1.807, 2.05) is 0 Å². The Morgan fingerprint density at radius 1 is 0.231 bits per heavy atom. The maximum atomic E-state index is 0. The van der Waals surface area contributed by atoms with Crippen molar-refractivity contribution in [3.05, 3.63) is 0 Å². The van der Waals surface area contributed by atoms with Gasteiger partial charge in [-0.05, 0) is 0 Å². The van der Waals surface area contributed by atoms with Crippen LogP contribution in [0.4, 0.5) is 0 Å². The van der Waals surface area contributed by atoms with Crippen molar-refractivity contribution in [3.8, 4) is 0 Å². The van der Waals surface area contributed by atoms with E-state index in [1.54, 1.807) is 0 Å². The second-order valence-electron chi connectivity index (χ2n) is 0. The van der Waals surface area contributed by atoms with E-state index >= 15 is 0 Å². The third-order valence-corrected chi connectivity index (χ3v) is 0. The smallest absolute Gasteiger partial charge is 1.00 e. The first-order chi connectivity index (χ1) is 0. The third kappa shape index (κ3) is 440. The summed E-state index contributed by atoms with van der Waals surface area (Å²) in [6.45, 7) is 0. The summed E-state index contributed by atoms with van der Waals surface area (Å²) in [5.74, 6) is 0. The summed E-state index contributed by atoms with van der Waals surface area (Å²) in [7, 11) is 0. The molecule has 0 atom stereocenters. The minimum absolute atomic E-state index is 0. The zero-order chi connectivity index (χ0) is 0. The predicted molar refractivity (Wildman–Crippen MR) is 21.7 cm³/mol. The summed E-state index contributed by atoms with van der Waals surface area (Å²) in [6.07, 6.45) is 0. The Morgan fingerprint density at radius 2 is 0.231 bits per heavy atom. The second-order valence-corrected chi connectivity index (χ2v) is 0. The van der Waals surface area contributed by atoms with Gasteiger partial charge in [0.25, 0.3) is 0 Å². The number of halogens is 6. The summed E-state index contributed by atoms with van der Waals surface area (Å²) in [5.41, 5.74) is 0. The minimum atomic E-state index is 0. The molecule has 0 saturated carbocycles. The molecule has 0 fully saturated rings. The molecule has 0 amide bonds. The predicted octanol–water partition coefficient (Wildman–Crippen LogP) is -22.9. The van der Waals surface area contributed by atoms with Gasteiger partial charge < -0.3 is 107 Å². The van der Waals surface area contributed by atoms with Gasteiger partial charge in [-0.1, -0.05) is 0 Å². The second kappa shape index (κ2) is 515. The van der Waals surface area contributed by atoms with Crippen molar-refractivity contribution in [3.63, 3.8) is 0 Å². The van der Waals surface area contributed by atoms with Crippen LogP contribution >= 0.6 is 0 Å². The largest absolute Gasteiger partial charge is 6.00 e. The van der Waals surface area contributed by atoms with Gasteiger partial charge in [0.15, 0.2) is 0 Å². The minimum Gasteiger partial charge on any atom is -1.00 e. The van der Waals surface area contributed by atoms with Crippen molar-refractivity contribution in [2.24, 2.45) is 0 Å². The standard InChI is InChI=1S/6ClH.Mo.6H2O/h6*1H;;6*1H2/q;;;;;;+6;;;;;;/p-6. The quantitative estimate of drug-likeness (QED) is 0.339. The Bertz CT molecular complexity index is 17.1. The van der Waals surface area contributed by atoms with Crippen LogP contribution in [-0.4, -0.2) is 32.9 Å². The van der Waals surface area contributed by atoms with Crippen LogP contribution < -0.4 is 74.4 Å². The van der Waals surface area contributed by atoms with Crippen molar-refractivity contribution in [1.82, 2.24) is 0 Å². The molecule has 13 heteroatoms. The monoisotopic (exact) mass is 416 g/mol. The van der Waals surface area contributed by atoms with Crippen LogP contribution in [0.25, 0.3) is 0 Å². The van der Waals surface area contributed by atoms with E-state index in [2.05, 4.69) is 0 Å². The van der Waals surface area contributed by atoms with Crippen molar-refractivity contribution in [2.75, 3.05) is 0 Å². The number of hydrogen-bond acceptors (Lipinski definition) is 0. The Hall–Kier alpha value is 2.19. The summed E-state index contributed by atoms with van der Waals surface area (Å²) in [6, 6.07) is 0. The van der Waals surface area contributed by atoms with Crippen molar-refractivity contribution in [1.29, 1.82) is 0 Å². The third-order valence-electron chi connectivity index (χ3n) is 0. The molecule has 0 aliphatic rings. The Balaban J connectivity index is 0. The Labute approximate surface area is 128 Å². The van der Waals surface area contributed by atoms with Crippen LogP contribution in [0.1, 0.15) is 0 Å². The van der Waals surface area contributed by atoms with Crippen molar-refractivity contribution < 1.29 is 128 Å². The molecule has 96 valence electrons. The average Bonchev–Trinajstić information content (AvgIpc) is 0. The van der Waals surface area contributed by atoms with E-state index in [-0.39, 0.29) is 128 Å². The van der Waals surface area contributed by atoms with Crippen LogP contribution in [0.5, 0.6) is 0 Å². The van der Waals surface area contributed by atoms with E-state index in [9.17, 15) is 0 Å². The van der Waals surface area contributed by atoms with Crippen LogP contribution in [-0.2, 0) is 21.1 Å². The zero-order valence-corrected chi connectivity index (χ0v) is 12.2. The maximum absolute atomic E-state index is 0. The van der Waals surface area contributed by atoms with Gasteiger partial charge in [0.2, 0.25) is 0 Å². The first-order valence-corrected chi connectivity index (χ1v) is 0. The molecule has 6 nitrogen and oxygen atoms in total.